The highest BCUT2D eigenvalue weighted by Crippen LogP contribution is 2.34. The minimum absolute atomic E-state index is 0.00308. The number of carbonyl (C=O) groups excluding carboxylic acids is 2. The van der Waals surface area contributed by atoms with Crippen LogP contribution in [0.25, 0.3) is 11.1 Å². The summed E-state index contributed by atoms with van der Waals surface area (Å²) in [5, 5.41) is 16.2. The van der Waals surface area contributed by atoms with Crippen LogP contribution in [0.3, 0.4) is 0 Å². The van der Waals surface area contributed by atoms with Gasteiger partial charge in [-0.1, -0.05) is 26.7 Å². The van der Waals surface area contributed by atoms with Crippen LogP contribution < -0.4 is 5.32 Å². The Morgan fingerprint density at radius 3 is 2.50 bits per heavy atom. The van der Waals surface area contributed by atoms with Gasteiger partial charge in [-0.3, -0.25) is 19.8 Å². The molecule has 4 rings (SSSR count). The first-order chi connectivity index (χ1) is 19.0. The van der Waals surface area contributed by atoms with Crippen molar-refractivity contribution in [3.05, 3.63) is 47.4 Å². The summed E-state index contributed by atoms with van der Waals surface area (Å²) < 4.78 is 39.4. The van der Waals surface area contributed by atoms with Crippen LogP contribution in [0.4, 0.5) is 10.2 Å². The van der Waals surface area contributed by atoms with Gasteiger partial charge in [0.15, 0.2) is 0 Å². The molecule has 0 aliphatic heterocycles. The highest BCUT2D eigenvalue weighted by molar-refractivity contribution is 7.90. The van der Waals surface area contributed by atoms with Crippen LogP contribution in [0.2, 0.25) is 0 Å². The number of aromatic amines is 2. The Bertz CT molecular complexity index is 1450. The van der Waals surface area contributed by atoms with E-state index in [1.54, 1.807) is 13.0 Å². The van der Waals surface area contributed by atoms with Gasteiger partial charge in [0.05, 0.1) is 11.4 Å². The largest absolute Gasteiger partial charge is 0.324 e. The van der Waals surface area contributed by atoms with Crippen LogP contribution in [0, 0.1) is 24.7 Å². The van der Waals surface area contributed by atoms with Crippen molar-refractivity contribution in [1.29, 1.82) is 0 Å². The number of carbonyl (C=O) groups is 2. The Balaban J connectivity index is 1.66. The Kier molecular flexibility index (Phi) is 9.02. The molecule has 2 amide bonds. The van der Waals surface area contributed by atoms with Gasteiger partial charge in [0.1, 0.15) is 27.4 Å². The number of rotatable bonds is 10. The Hall–Kier alpha value is -3.61. The van der Waals surface area contributed by atoms with Gasteiger partial charge in [-0.15, -0.1) is 0 Å². The number of anilines is 1. The predicted octanol–water partition coefficient (Wildman–Crippen LogP) is 3.53. The summed E-state index contributed by atoms with van der Waals surface area (Å²) in [6.45, 7) is 5.68. The third-order valence-corrected chi connectivity index (χ3v) is 8.46. The molecule has 0 bridgehead atoms. The highest BCUT2D eigenvalue weighted by Gasteiger charge is 2.39. The van der Waals surface area contributed by atoms with Gasteiger partial charge in [0.2, 0.25) is 11.9 Å². The molecule has 3 aromatic heterocycles. The number of H-pyrrole nitrogens is 2. The average Bonchev–Trinajstić information content (AvgIpc) is 3.56. The number of aryl methyl sites for hydroxylation is 2. The van der Waals surface area contributed by atoms with Crippen molar-refractivity contribution in [2.24, 2.45) is 11.8 Å². The van der Waals surface area contributed by atoms with Gasteiger partial charge in [0, 0.05) is 35.8 Å². The zero-order chi connectivity index (χ0) is 29.0. The zero-order valence-electron chi connectivity index (χ0n) is 23.2. The normalized spacial score (nSPS) is 18.3. The number of hydrogen-bond acceptors (Lipinski definition) is 7. The van der Waals surface area contributed by atoms with E-state index in [1.165, 1.54) is 23.2 Å². The number of pyridine rings is 1. The maximum Gasteiger partial charge on any atom is 0.272 e. The third-order valence-electron chi connectivity index (χ3n) is 7.53. The lowest BCUT2D eigenvalue weighted by molar-refractivity contribution is -0.122. The van der Waals surface area contributed by atoms with Gasteiger partial charge in [0.25, 0.3) is 5.91 Å². The van der Waals surface area contributed by atoms with Crippen molar-refractivity contribution in [2.75, 3.05) is 23.9 Å². The highest BCUT2D eigenvalue weighted by atomic mass is 32.2. The molecule has 0 spiro atoms. The van der Waals surface area contributed by atoms with Crippen LogP contribution in [-0.2, 0) is 21.1 Å². The third kappa shape index (κ3) is 6.75. The van der Waals surface area contributed by atoms with Crippen molar-refractivity contribution >= 4 is 27.5 Å². The minimum atomic E-state index is -3.44. The topological polar surface area (TPSA) is 154 Å². The fraction of sp³-hybridized carbons (Fsp3) is 0.519. The van der Waals surface area contributed by atoms with E-state index in [4.69, 9.17) is 0 Å². The average molecular weight is 574 g/mol. The standard InChI is InChI=1S/C27H36FN7O4S/c1-5-20-23(17(3)32-34-20)19-10-11-22(30-25(19)28)31-26(36)24(18-8-6-16(2)7-9-18)35(14-15-40(4,38)39)27(37)21-12-13-29-33-21/h10-13,16,18,24H,5-9,14-15H2,1-4H3,(H,29,33)(H,32,34)(H,30,31,36)/t16?,18?,24-/m0/s1. The number of amides is 2. The molecule has 13 heteroatoms. The van der Waals surface area contributed by atoms with Crippen molar-refractivity contribution in [2.45, 2.75) is 58.9 Å². The molecule has 216 valence electrons. The van der Waals surface area contributed by atoms with Crippen LogP contribution in [0.1, 0.15) is 61.4 Å². The van der Waals surface area contributed by atoms with Crippen LogP contribution in [0.5, 0.6) is 0 Å². The van der Waals surface area contributed by atoms with Gasteiger partial charge < -0.3 is 10.2 Å². The molecular weight excluding hydrogens is 537 g/mol. The van der Waals surface area contributed by atoms with Crippen LogP contribution >= 0.6 is 0 Å². The van der Waals surface area contributed by atoms with E-state index in [2.05, 4.69) is 37.6 Å². The number of hydrogen-bond donors (Lipinski definition) is 3. The van der Waals surface area contributed by atoms with Crippen molar-refractivity contribution in [3.8, 4) is 11.1 Å². The van der Waals surface area contributed by atoms with Crippen molar-refractivity contribution in [1.82, 2.24) is 30.3 Å². The Labute approximate surface area is 233 Å². The molecule has 40 heavy (non-hydrogen) atoms. The first kappa shape index (κ1) is 29.4. The van der Waals surface area contributed by atoms with E-state index in [9.17, 15) is 18.0 Å². The molecule has 0 aromatic carbocycles. The maximum absolute atomic E-state index is 15.2. The summed E-state index contributed by atoms with van der Waals surface area (Å²) in [6, 6.07) is 3.55. The number of aromatic nitrogens is 5. The summed E-state index contributed by atoms with van der Waals surface area (Å²) in [5.41, 5.74) is 2.46. The number of nitrogens with one attached hydrogen (secondary N) is 3. The maximum atomic E-state index is 15.2. The monoisotopic (exact) mass is 573 g/mol. The van der Waals surface area contributed by atoms with Gasteiger partial charge >= 0.3 is 0 Å². The summed E-state index contributed by atoms with van der Waals surface area (Å²) >= 11 is 0. The molecule has 1 aliphatic carbocycles. The second-order valence-corrected chi connectivity index (χ2v) is 12.9. The van der Waals surface area contributed by atoms with E-state index >= 15 is 4.39 Å². The quantitative estimate of drug-likeness (QED) is 0.314. The smallest absolute Gasteiger partial charge is 0.272 e. The second-order valence-electron chi connectivity index (χ2n) is 10.6. The van der Waals surface area contributed by atoms with Crippen molar-refractivity contribution in [3.63, 3.8) is 0 Å². The summed E-state index contributed by atoms with van der Waals surface area (Å²) in [6.07, 6.45) is 6.22. The fourth-order valence-corrected chi connectivity index (χ4v) is 5.88. The lowest BCUT2D eigenvalue weighted by atomic mass is 9.78. The van der Waals surface area contributed by atoms with Crippen molar-refractivity contribution < 1.29 is 22.4 Å². The second kappa shape index (κ2) is 12.3. The van der Waals surface area contributed by atoms with E-state index in [1.807, 2.05) is 6.92 Å². The van der Waals surface area contributed by atoms with E-state index < -0.39 is 33.6 Å². The van der Waals surface area contributed by atoms with Gasteiger partial charge in [-0.2, -0.15) is 14.6 Å². The molecule has 0 saturated heterocycles. The fourth-order valence-electron chi connectivity index (χ4n) is 5.36. The first-order valence-electron chi connectivity index (χ1n) is 13.5. The SMILES string of the molecule is CCc1n[nH]c(C)c1-c1ccc(NC(=O)[C@H](C2CCC(C)CC2)N(CCS(C)(=O)=O)C(=O)c2ccn[nH]2)nc1F. The molecular formula is C27H36FN7O4S. The molecule has 0 radical (unpaired) electrons. The van der Waals surface area contributed by atoms with Crippen LogP contribution in [0.15, 0.2) is 24.4 Å². The van der Waals surface area contributed by atoms with Crippen LogP contribution in [-0.4, -0.2) is 75.1 Å². The molecule has 1 atom stereocenters. The minimum Gasteiger partial charge on any atom is -0.324 e. The van der Waals surface area contributed by atoms with E-state index in [-0.39, 0.29) is 35.3 Å². The zero-order valence-corrected chi connectivity index (χ0v) is 24.0. The summed E-state index contributed by atoms with van der Waals surface area (Å²) in [5.74, 6) is -1.89. The molecule has 0 unspecified atom stereocenters. The molecule has 1 fully saturated rings. The predicted molar refractivity (Wildman–Crippen MR) is 149 cm³/mol. The van der Waals surface area contributed by atoms with Gasteiger partial charge in [-0.05, 0) is 56.2 Å². The molecule has 1 aliphatic rings. The number of nitrogens with zero attached hydrogens (tertiary/aromatic N) is 4. The molecule has 3 N–H and O–H groups in total. The molecule has 3 aromatic rings. The number of sulfone groups is 1. The summed E-state index contributed by atoms with van der Waals surface area (Å²) in [7, 11) is -3.44. The molecule has 1 saturated carbocycles. The first-order valence-corrected chi connectivity index (χ1v) is 15.5. The molecule has 3 heterocycles. The number of halogens is 1. The van der Waals surface area contributed by atoms with Gasteiger partial charge in [-0.25, -0.2) is 13.4 Å². The lowest BCUT2D eigenvalue weighted by Crippen LogP contribution is -2.53. The molecule has 11 nitrogen and oxygen atoms in total. The Morgan fingerprint density at radius 1 is 1.18 bits per heavy atom. The van der Waals surface area contributed by atoms with E-state index in [0.717, 1.165) is 19.1 Å². The summed E-state index contributed by atoms with van der Waals surface area (Å²) in [4.78, 5) is 32.7. The van der Waals surface area contributed by atoms with E-state index in [0.29, 0.717) is 42.1 Å². The Morgan fingerprint density at radius 2 is 1.90 bits per heavy atom. The lowest BCUT2D eigenvalue weighted by Gasteiger charge is -2.38.